The number of amides is 1. The number of azo groups is 2. The summed E-state index contributed by atoms with van der Waals surface area (Å²) in [7, 11) is -3.97. The van der Waals surface area contributed by atoms with Crippen LogP contribution in [0.4, 0.5) is 39.8 Å². The molecule has 4 N–H and O–H groups in total. The molecule has 6 rings (SSSR count). The second-order valence-corrected chi connectivity index (χ2v) is 13.0. The van der Waals surface area contributed by atoms with Gasteiger partial charge in [0, 0.05) is 36.6 Å². The number of primary sulfonamides is 1. The third-order valence-corrected chi connectivity index (χ3v) is 8.47. The van der Waals surface area contributed by atoms with Gasteiger partial charge in [-0.05, 0) is 36.6 Å². The summed E-state index contributed by atoms with van der Waals surface area (Å²) in [4.78, 5) is 44.2. The van der Waals surface area contributed by atoms with Crippen LogP contribution in [0.15, 0.2) is 121 Å². The molecule has 0 fully saturated rings. The molecular weight excluding hydrogens is 831 g/mol. The summed E-state index contributed by atoms with van der Waals surface area (Å²) >= 11 is 0. The van der Waals surface area contributed by atoms with E-state index in [0.717, 1.165) is 41.1 Å². The number of fused-ring (bicyclic) bond motifs is 1. The molecular formula is C34H25CrN10NaO11S+. The molecule has 1 amide bonds. The number of hydrogen-bond donors (Lipinski definition) is 3. The first-order valence-electron chi connectivity index (χ1n) is 15.6. The Bertz CT molecular complexity index is 2790. The van der Waals surface area contributed by atoms with E-state index in [9.17, 15) is 53.6 Å². The molecule has 58 heavy (non-hydrogen) atoms. The van der Waals surface area contributed by atoms with Crippen molar-refractivity contribution in [2.45, 2.75) is 18.7 Å². The molecule has 0 aliphatic rings. The van der Waals surface area contributed by atoms with E-state index < -0.39 is 42.7 Å². The number of nitro groups is 2. The predicted octanol–water partition coefficient (Wildman–Crippen LogP) is 1.79. The van der Waals surface area contributed by atoms with Crippen LogP contribution in [0.1, 0.15) is 12.6 Å². The zero-order valence-electron chi connectivity index (χ0n) is 30.2. The van der Waals surface area contributed by atoms with Crippen LogP contribution in [0.5, 0.6) is 17.2 Å². The van der Waals surface area contributed by atoms with Crippen LogP contribution in [0.2, 0.25) is 0 Å². The Morgan fingerprint density at radius 2 is 1.31 bits per heavy atom. The number of nitrogens with zero attached hydrogens (tertiary/aromatic N) is 7. The number of carbonyl (C=O) groups is 1. The summed E-state index contributed by atoms with van der Waals surface area (Å²) in [5.74, 6) is -1.98. The third kappa shape index (κ3) is 10.7. The average Bonchev–Trinajstić information content (AvgIpc) is 3.43. The molecule has 0 aliphatic heterocycles. The van der Waals surface area contributed by atoms with Gasteiger partial charge in [-0.3, -0.25) is 34.9 Å². The Morgan fingerprint density at radius 3 is 1.84 bits per heavy atom. The second-order valence-electron chi connectivity index (χ2n) is 11.5. The van der Waals surface area contributed by atoms with Crippen LogP contribution in [-0.4, -0.2) is 34.0 Å². The van der Waals surface area contributed by atoms with E-state index in [0.29, 0.717) is 16.5 Å². The molecule has 0 aliphatic carbocycles. The number of hydrogen-bond acceptors (Lipinski definition) is 15. The number of nitro benzene ring substituents is 2. The summed E-state index contributed by atoms with van der Waals surface area (Å²) in [5, 5.41) is 84.1. The van der Waals surface area contributed by atoms with E-state index in [2.05, 4.69) is 30.9 Å². The summed E-state index contributed by atoms with van der Waals surface area (Å²) in [6, 6.07) is 19.3. The molecule has 6 aromatic rings. The van der Waals surface area contributed by atoms with Crippen LogP contribution in [-0.2, 0) is 32.2 Å². The monoisotopic (exact) mass is 856 g/mol. The zero-order chi connectivity index (χ0) is 40.9. The van der Waals surface area contributed by atoms with Crippen LogP contribution >= 0.6 is 0 Å². The van der Waals surface area contributed by atoms with Gasteiger partial charge >= 0.3 is 46.9 Å². The Hall–Kier alpha value is -6.32. The molecule has 24 heteroatoms. The van der Waals surface area contributed by atoms with E-state index in [1.165, 1.54) is 44.2 Å². The minimum absolute atomic E-state index is 0. The quantitative estimate of drug-likeness (QED) is 0.0814. The average molecular weight is 857 g/mol. The number of nitrogens with two attached hydrogens (primary N) is 1. The number of carbonyl (C=O) groups excluding carboxylic acids is 1. The molecule has 0 spiro atoms. The normalized spacial score (nSPS) is 11.0. The largest absolute Gasteiger partial charge is 3.00 e. The smallest absolute Gasteiger partial charge is 0.871 e. The molecule has 1 heterocycles. The van der Waals surface area contributed by atoms with E-state index in [4.69, 9.17) is 5.14 Å². The van der Waals surface area contributed by atoms with E-state index in [-0.39, 0.29) is 103 Å². The van der Waals surface area contributed by atoms with Gasteiger partial charge in [0.25, 0.3) is 16.9 Å². The predicted molar refractivity (Wildman–Crippen MR) is 194 cm³/mol. The maximum Gasteiger partial charge on any atom is 3.00 e. The number of nitrogens with one attached hydrogen (secondary N) is 2. The molecule has 0 bridgehead atoms. The number of sulfonamides is 1. The van der Waals surface area contributed by atoms with Gasteiger partial charge in [0.1, 0.15) is 0 Å². The number of benzene rings is 5. The van der Waals surface area contributed by atoms with E-state index in [1.807, 2.05) is 0 Å². The third-order valence-electron chi connectivity index (χ3n) is 7.56. The summed E-state index contributed by atoms with van der Waals surface area (Å²) in [6.45, 7) is 2.84. The van der Waals surface area contributed by atoms with Gasteiger partial charge < -0.3 is 20.6 Å². The summed E-state index contributed by atoms with van der Waals surface area (Å²) in [5.41, 5.74) is -1.31. The van der Waals surface area contributed by atoms with Crippen molar-refractivity contribution in [3.8, 4) is 22.9 Å². The second kappa shape index (κ2) is 19.2. The van der Waals surface area contributed by atoms with E-state index >= 15 is 0 Å². The molecule has 21 nitrogen and oxygen atoms in total. The van der Waals surface area contributed by atoms with Crippen molar-refractivity contribution in [3.63, 3.8) is 0 Å². The Balaban J connectivity index is 0.000000301. The van der Waals surface area contributed by atoms with Gasteiger partial charge in [0.15, 0.2) is 5.69 Å². The van der Waals surface area contributed by atoms with Crippen LogP contribution in [0, 0.1) is 27.2 Å². The number of aromatic amines is 1. The van der Waals surface area contributed by atoms with E-state index in [1.54, 1.807) is 24.3 Å². The van der Waals surface area contributed by atoms with Gasteiger partial charge in [-0.2, -0.15) is 15.3 Å². The van der Waals surface area contributed by atoms with Crippen molar-refractivity contribution in [2.24, 2.45) is 25.6 Å². The van der Waals surface area contributed by atoms with Gasteiger partial charge in [0.05, 0.1) is 48.9 Å². The van der Waals surface area contributed by atoms with Crippen LogP contribution in [0.25, 0.3) is 16.5 Å². The minimum atomic E-state index is -3.97. The zero-order valence-corrected chi connectivity index (χ0v) is 34.3. The molecule has 5 aromatic carbocycles. The maximum atomic E-state index is 12.6. The number of rotatable bonds is 9. The fraction of sp³-hybridized carbons (Fsp3) is 0.0588. The maximum absolute atomic E-state index is 12.6. The number of aryl methyl sites for hydroxylation is 1. The molecule has 0 unspecified atom stereocenters. The first-order chi connectivity index (χ1) is 26.4. The molecule has 289 valence electrons. The fourth-order valence-electron chi connectivity index (χ4n) is 4.97. The van der Waals surface area contributed by atoms with Gasteiger partial charge in [-0.15, -0.1) is 5.11 Å². The van der Waals surface area contributed by atoms with Crippen molar-refractivity contribution in [1.82, 2.24) is 9.78 Å². The van der Waals surface area contributed by atoms with Crippen molar-refractivity contribution >= 4 is 66.5 Å². The Labute approximate surface area is 359 Å². The summed E-state index contributed by atoms with van der Waals surface area (Å²) < 4.78 is 24.1. The van der Waals surface area contributed by atoms with Crippen molar-refractivity contribution < 1.29 is 85.3 Å². The first-order valence-corrected chi connectivity index (χ1v) is 17.2. The standard InChI is InChI=1S/C18H14N4O5.C16H14N6O6S.Cr.Na/c1-10(23)19-13-4-2-3-11-5-7-16(25)18(17(11)13)21-20-14-9-12(22(26)27)6-8-15(14)24;1-9-15(19-18-13-8-11(22(25)26)5-6-14(13)23)16(24)21(20-9)10-3-2-4-12(7-10)29(17,27)28;;/h2-9,24-25H,1H3,(H,19,23);2-8,20,23H,1H3,(H2,17,27,28);;/q;;+3;+1/p-3. The molecule has 0 saturated carbocycles. The van der Waals surface area contributed by atoms with Crippen LogP contribution in [0.3, 0.4) is 0 Å². The van der Waals surface area contributed by atoms with Crippen molar-refractivity contribution in [1.29, 1.82) is 0 Å². The number of non-ortho nitro benzene ring substituents is 2. The molecule has 1 radical (unpaired) electrons. The van der Waals surface area contributed by atoms with Crippen molar-refractivity contribution in [3.05, 3.63) is 127 Å². The first kappa shape index (κ1) is 46.1. The topological polar surface area (TPSA) is 332 Å². The van der Waals surface area contributed by atoms with Gasteiger partial charge in [0.2, 0.25) is 15.9 Å². The Kier molecular flexibility index (Phi) is 15.3. The van der Waals surface area contributed by atoms with Crippen molar-refractivity contribution in [2.75, 3.05) is 5.32 Å². The molecule has 1 aromatic heterocycles. The Morgan fingerprint density at radius 1 is 0.776 bits per heavy atom. The van der Waals surface area contributed by atoms with Gasteiger partial charge in [-0.1, -0.05) is 59.7 Å². The van der Waals surface area contributed by atoms with Crippen LogP contribution < -0.4 is 60.9 Å². The SMILES string of the molecule is CC(=O)Nc1cccc2ccc([O-])c(N=Nc3cc([N+](=O)[O-])ccc3[O-])c12.Cc1[nH]n(-c2cccc(S(N)(=O)=O)c2)c(=O)c1N=Nc1cc([N+](=O)[O-])ccc1[O-].[Cr+3].[Na+]. The van der Waals surface area contributed by atoms with Gasteiger partial charge in [-0.25, -0.2) is 18.2 Å². The molecule has 0 atom stereocenters. The fourth-order valence-corrected chi connectivity index (χ4v) is 5.53. The minimum Gasteiger partial charge on any atom is -0.871 e. The number of anilines is 1. The number of H-pyrrole nitrogens is 1. The summed E-state index contributed by atoms with van der Waals surface area (Å²) in [6.07, 6.45) is 0. The molecule has 0 saturated heterocycles. The number of aromatic nitrogens is 2.